The van der Waals surface area contributed by atoms with Crippen molar-refractivity contribution in [2.45, 2.75) is 24.9 Å². The van der Waals surface area contributed by atoms with E-state index in [0.717, 1.165) is 5.56 Å². The molecule has 3 rings (SSSR count). The van der Waals surface area contributed by atoms with Crippen molar-refractivity contribution in [3.8, 4) is 0 Å². The summed E-state index contributed by atoms with van der Waals surface area (Å²) >= 11 is 18.2. The molecule has 2 aromatic carbocycles. The number of carbonyl (C=O) groups excluding carboxylic acids is 1. The average Bonchev–Trinajstić information content (AvgIpc) is 2.53. The first-order valence-corrected chi connectivity index (χ1v) is 8.99. The number of carbonyl (C=O) groups is 2. The van der Waals surface area contributed by atoms with Crippen LogP contribution >= 0.6 is 34.8 Å². The molecule has 0 aromatic heterocycles. The third-order valence-electron chi connectivity index (χ3n) is 4.13. The molecule has 26 heavy (non-hydrogen) atoms. The number of carboxylic acids is 1. The highest BCUT2D eigenvalue weighted by Crippen LogP contribution is 2.39. The molecule has 0 fully saturated rings. The molecule has 1 aliphatic rings. The molecule has 136 valence electrons. The van der Waals surface area contributed by atoms with E-state index in [1.54, 1.807) is 36.4 Å². The Morgan fingerprint density at radius 1 is 1.15 bits per heavy atom. The smallest absolute Gasteiger partial charge is 0.326 e. The Labute approximate surface area is 165 Å². The molecule has 8 heteroatoms. The molecule has 2 aromatic rings. The van der Waals surface area contributed by atoms with Gasteiger partial charge in [0.05, 0.1) is 12.5 Å². The van der Waals surface area contributed by atoms with Gasteiger partial charge >= 0.3 is 5.97 Å². The number of hydrogen-bond acceptors (Lipinski definition) is 3. The number of halogens is 3. The standard InChI is InChI=1S/C18H15Cl3N2O3/c19-10-3-1-2-9(4-10)5-16(24)23-14-8-15(18(25)26)22-13-7-11(20)6-12(21)17(13)14/h1-4,6-7,14-15,22H,5,8H2,(H,23,24)(H,25,26)/t14-,15+/m0/s1. The number of hydrogen-bond donors (Lipinski definition) is 3. The minimum Gasteiger partial charge on any atom is -0.480 e. The Morgan fingerprint density at radius 2 is 1.92 bits per heavy atom. The van der Waals surface area contributed by atoms with E-state index in [4.69, 9.17) is 34.8 Å². The van der Waals surface area contributed by atoms with Gasteiger partial charge in [0, 0.05) is 32.7 Å². The number of aliphatic carboxylic acids is 1. The number of amides is 1. The van der Waals surface area contributed by atoms with Crippen LogP contribution in [0.15, 0.2) is 36.4 Å². The highest BCUT2D eigenvalue weighted by atomic mass is 35.5. The van der Waals surface area contributed by atoms with Crippen molar-refractivity contribution in [2.24, 2.45) is 0 Å². The Balaban J connectivity index is 1.84. The van der Waals surface area contributed by atoms with Gasteiger partial charge in [-0.15, -0.1) is 0 Å². The fraction of sp³-hybridized carbons (Fsp3) is 0.222. The molecular weight excluding hydrogens is 399 g/mol. The fourth-order valence-electron chi connectivity index (χ4n) is 3.03. The molecule has 0 radical (unpaired) electrons. The largest absolute Gasteiger partial charge is 0.480 e. The van der Waals surface area contributed by atoms with Crippen LogP contribution in [0.2, 0.25) is 15.1 Å². The molecule has 0 spiro atoms. The number of benzene rings is 2. The molecule has 2 atom stereocenters. The molecule has 0 bridgehead atoms. The summed E-state index contributed by atoms with van der Waals surface area (Å²) in [5, 5.41) is 16.4. The van der Waals surface area contributed by atoms with E-state index >= 15 is 0 Å². The molecule has 0 aliphatic carbocycles. The number of carboxylic acid groups (broad SMARTS) is 1. The zero-order valence-corrected chi connectivity index (χ0v) is 15.7. The van der Waals surface area contributed by atoms with Crippen molar-refractivity contribution in [2.75, 3.05) is 5.32 Å². The topological polar surface area (TPSA) is 78.4 Å². The van der Waals surface area contributed by atoms with E-state index in [9.17, 15) is 14.7 Å². The Hall–Kier alpha value is -1.95. The Bertz CT molecular complexity index is 873. The quantitative estimate of drug-likeness (QED) is 0.698. The van der Waals surface area contributed by atoms with Crippen LogP contribution in [0.4, 0.5) is 5.69 Å². The summed E-state index contributed by atoms with van der Waals surface area (Å²) in [6, 6.07) is 8.79. The lowest BCUT2D eigenvalue weighted by Gasteiger charge is -2.32. The summed E-state index contributed by atoms with van der Waals surface area (Å²) in [7, 11) is 0. The van der Waals surface area contributed by atoms with E-state index in [1.165, 1.54) is 0 Å². The van der Waals surface area contributed by atoms with E-state index in [1.807, 2.05) is 0 Å². The fourth-order valence-corrected chi connectivity index (χ4v) is 3.87. The van der Waals surface area contributed by atoms with Crippen LogP contribution in [0.25, 0.3) is 0 Å². The number of fused-ring (bicyclic) bond motifs is 1. The van der Waals surface area contributed by atoms with Gasteiger partial charge in [0.2, 0.25) is 5.91 Å². The van der Waals surface area contributed by atoms with Crippen LogP contribution in [-0.2, 0) is 16.0 Å². The summed E-state index contributed by atoms with van der Waals surface area (Å²) < 4.78 is 0. The lowest BCUT2D eigenvalue weighted by Crippen LogP contribution is -2.41. The molecule has 3 N–H and O–H groups in total. The van der Waals surface area contributed by atoms with Crippen molar-refractivity contribution >= 4 is 52.4 Å². The minimum absolute atomic E-state index is 0.128. The monoisotopic (exact) mass is 412 g/mol. The Kier molecular flexibility index (Phi) is 5.61. The second-order valence-electron chi connectivity index (χ2n) is 6.05. The molecule has 0 saturated heterocycles. The van der Waals surface area contributed by atoms with Gasteiger partial charge in [0.25, 0.3) is 0 Å². The van der Waals surface area contributed by atoms with Crippen LogP contribution in [0.3, 0.4) is 0 Å². The molecule has 0 saturated carbocycles. The summed E-state index contributed by atoms with van der Waals surface area (Å²) in [5.74, 6) is -1.26. The summed E-state index contributed by atoms with van der Waals surface area (Å²) in [6.07, 6.45) is 0.299. The predicted octanol–water partition coefficient (Wildman–Crippen LogP) is 4.32. The lowest BCUT2D eigenvalue weighted by molar-refractivity contribution is -0.138. The summed E-state index contributed by atoms with van der Waals surface area (Å²) in [5.41, 5.74) is 1.91. The molecule has 1 amide bonds. The van der Waals surface area contributed by atoms with Crippen molar-refractivity contribution in [1.29, 1.82) is 0 Å². The van der Waals surface area contributed by atoms with E-state index < -0.39 is 18.1 Å². The van der Waals surface area contributed by atoms with Crippen LogP contribution in [0.1, 0.15) is 23.6 Å². The van der Waals surface area contributed by atoms with Gasteiger partial charge in [-0.05, 0) is 29.8 Å². The predicted molar refractivity (Wildman–Crippen MR) is 102 cm³/mol. The SMILES string of the molecule is O=C(Cc1cccc(Cl)c1)N[C@H]1C[C@H](C(=O)O)Nc2cc(Cl)cc(Cl)c21. The molecule has 0 unspecified atom stereocenters. The van der Waals surface area contributed by atoms with Gasteiger partial charge in [-0.3, -0.25) is 4.79 Å². The number of anilines is 1. The third kappa shape index (κ3) is 4.23. The first kappa shape index (κ1) is 18.8. The zero-order valence-electron chi connectivity index (χ0n) is 13.4. The van der Waals surface area contributed by atoms with Crippen LogP contribution in [0, 0.1) is 0 Å². The van der Waals surface area contributed by atoms with Crippen molar-refractivity contribution in [3.05, 3.63) is 62.6 Å². The maximum absolute atomic E-state index is 12.5. The van der Waals surface area contributed by atoms with Crippen LogP contribution in [0.5, 0.6) is 0 Å². The zero-order chi connectivity index (χ0) is 18.8. The highest BCUT2D eigenvalue weighted by molar-refractivity contribution is 6.35. The highest BCUT2D eigenvalue weighted by Gasteiger charge is 2.33. The molecule has 1 aliphatic heterocycles. The Morgan fingerprint density at radius 3 is 2.62 bits per heavy atom. The maximum atomic E-state index is 12.5. The van der Waals surface area contributed by atoms with Gasteiger partial charge < -0.3 is 15.7 Å². The van der Waals surface area contributed by atoms with Crippen LogP contribution < -0.4 is 10.6 Å². The third-order valence-corrected chi connectivity index (χ3v) is 4.90. The van der Waals surface area contributed by atoms with Gasteiger partial charge in [-0.25, -0.2) is 4.79 Å². The van der Waals surface area contributed by atoms with Gasteiger partial charge in [-0.1, -0.05) is 46.9 Å². The number of rotatable bonds is 4. The molecule has 1 heterocycles. The van der Waals surface area contributed by atoms with Gasteiger partial charge in [0.15, 0.2) is 0 Å². The normalized spacial score (nSPS) is 18.6. The van der Waals surface area contributed by atoms with E-state index in [2.05, 4.69) is 10.6 Å². The maximum Gasteiger partial charge on any atom is 0.326 e. The molecular formula is C18H15Cl3N2O3. The lowest BCUT2D eigenvalue weighted by atomic mass is 9.92. The van der Waals surface area contributed by atoms with Crippen molar-refractivity contribution < 1.29 is 14.7 Å². The first-order chi connectivity index (χ1) is 12.3. The number of nitrogens with one attached hydrogen (secondary N) is 2. The van der Waals surface area contributed by atoms with Gasteiger partial charge in [0.1, 0.15) is 6.04 Å². The second kappa shape index (κ2) is 7.74. The average molecular weight is 414 g/mol. The molecule has 5 nitrogen and oxygen atoms in total. The summed E-state index contributed by atoms with van der Waals surface area (Å²) in [4.78, 5) is 23.9. The second-order valence-corrected chi connectivity index (χ2v) is 7.33. The van der Waals surface area contributed by atoms with Gasteiger partial charge in [-0.2, -0.15) is 0 Å². The van der Waals surface area contributed by atoms with Crippen molar-refractivity contribution in [3.63, 3.8) is 0 Å². The summed E-state index contributed by atoms with van der Waals surface area (Å²) in [6.45, 7) is 0. The van der Waals surface area contributed by atoms with E-state index in [-0.39, 0.29) is 18.7 Å². The van der Waals surface area contributed by atoms with Crippen LogP contribution in [-0.4, -0.2) is 23.0 Å². The first-order valence-electron chi connectivity index (χ1n) is 7.85. The van der Waals surface area contributed by atoms with E-state index in [0.29, 0.717) is 26.3 Å². The minimum atomic E-state index is -1.01. The van der Waals surface area contributed by atoms with Crippen molar-refractivity contribution in [1.82, 2.24) is 5.32 Å².